The molecule has 2 saturated heterocycles. The number of rotatable bonds is 7. The Balaban J connectivity index is 1.51. The monoisotopic (exact) mass is 431 g/mol. The number of carbonyl (C=O) groups is 1. The van der Waals surface area contributed by atoms with Gasteiger partial charge < -0.3 is 19.1 Å². The van der Waals surface area contributed by atoms with Gasteiger partial charge in [0.25, 0.3) is 5.91 Å². The van der Waals surface area contributed by atoms with Gasteiger partial charge in [-0.25, -0.2) is 0 Å². The standard InChI is InChI=1S/C26H29N3O3/c30-25(21-12-5-2-6-13-21)29(18-22-14-9-17-31-22)19-23-24(20-10-3-1-4-11-20)27-32-26(23)28-15-7-8-16-28/h1-6,10-13,22H,7-9,14-19H2/t22-/m1/s1. The van der Waals surface area contributed by atoms with Gasteiger partial charge in [0, 0.05) is 37.4 Å². The van der Waals surface area contributed by atoms with Crippen molar-refractivity contribution in [3.63, 3.8) is 0 Å². The van der Waals surface area contributed by atoms with E-state index in [4.69, 9.17) is 9.26 Å². The van der Waals surface area contributed by atoms with E-state index in [-0.39, 0.29) is 12.0 Å². The second-order valence-corrected chi connectivity index (χ2v) is 8.56. The number of benzene rings is 2. The molecule has 0 unspecified atom stereocenters. The molecule has 32 heavy (non-hydrogen) atoms. The first-order chi connectivity index (χ1) is 15.8. The molecule has 3 heterocycles. The Morgan fingerprint density at radius 1 is 1.00 bits per heavy atom. The van der Waals surface area contributed by atoms with E-state index >= 15 is 0 Å². The van der Waals surface area contributed by atoms with E-state index in [0.29, 0.717) is 18.7 Å². The molecule has 6 nitrogen and oxygen atoms in total. The van der Waals surface area contributed by atoms with Crippen LogP contribution in [0.4, 0.5) is 5.88 Å². The first-order valence-corrected chi connectivity index (χ1v) is 11.5. The van der Waals surface area contributed by atoms with Crippen molar-refractivity contribution >= 4 is 11.8 Å². The van der Waals surface area contributed by atoms with E-state index in [1.54, 1.807) is 0 Å². The highest BCUT2D eigenvalue weighted by Gasteiger charge is 2.30. The summed E-state index contributed by atoms with van der Waals surface area (Å²) in [6.07, 6.45) is 4.37. The zero-order chi connectivity index (χ0) is 21.8. The van der Waals surface area contributed by atoms with Gasteiger partial charge in [-0.3, -0.25) is 4.79 Å². The van der Waals surface area contributed by atoms with Crippen molar-refractivity contribution in [2.75, 3.05) is 31.1 Å². The van der Waals surface area contributed by atoms with Gasteiger partial charge in [0.1, 0.15) is 5.69 Å². The highest BCUT2D eigenvalue weighted by molar-refractivity contribution is 5.94. The Bertz CT molecular complexity index is 1020. The molecule has 1 amide bonds. The van der Waals surface area contributed by atoms with E-state index in [9.17, 15) is 4.79 Å². The maximum absolute atomic E-state index is 13.5. The Kier molecular flexibility index (Phi) is 6.21. The molecule has 2 fully saturated rings. The summed E-state index contributed by atoms with van der Waals surface area (Å²) in [5.74, 6) is 0.799. The predicted octanol–water partition coefficient (Wildman–Crippen LogP) is 4.76. The third-order valence-electron chi connectivity index (χ3n) is 6.31. The van der Waals surface area contributed by atoms with Gasteiger partial charge in [-0.1, -0.05) is 53.7 Å². The summed E-state index contributed by atoms with van der Waals surface area (Å²) in [6.45, 7) is 3.67. The van der Waals surface area contributed by atoms with Crippen LogP contribution in [0.25, 0.3) is 11.3 Å². The molecule has 5 rings (SSSR count). The Morgan fingerprint density at radius 2 is 1.72 bits per heavy atom. The van der Waals surface area contributed by atoms with Crippen LogP contribution in [0.2, 0.25) is 0 Å². The number of anilines is 1. The van der Waals surface area contributed by atoms with Gasteiger partial charge in [-0.15, -0.1) is 0 Å². The molecule has 166 valence electrons. The second-order valence-electron chi connectivity index (χ2n) is 8.56. The molecule has 6 heteroatoms. The lowest BCUT2D eigenvalue weighted by Crippen LogP contribution is -2.37. The number of aromatic nitrogens is 1. The van der Waals surface area contributed by atoms with Gasteiger partial charge in [0.15, 0.2) is 0 Å². The van der Waals surface area contributed by atoms with Crippen LogP contribution in [0.5, 0.6) is 0 Å². The molecule has 2 aliphatic heterocycles. The molecule has 0 bridgehead atoms. The Labute approximate surface area is 188 Å². The highest BCUT2D eigenvalue weighted by atomic mass is 16.5. The van der Waals surface area contributed by atoms with Crippen molar-refractivity contribution < 1.29 is 14.1 Å². The molecular weight excluding hydrogens is 402 g/mol. The van der Waals surface area contributed by atoms with Crippen molar-refractivity contribution in [3.8, 4) is 11.3 Å². The number of hydrogen-bond donors (Lipinski definition) is 0. The van der Waals surface area contributed by atoms with Crippen molar-refractivity contribution in [2.45, 2.75) is 38.3 Å². The summed E-state index contributed by atoms with van der Waals surface area (Å²) in [4.78, 5) is 17.7. The molecular formula is C26H29N3O3. The fourth-order valence-corrected chi connectivity index (χ4v) is 4.64. The minimum atomic E-state index is 0.00804. The topological polar surface area (TPSA) is 58.8 Å². The summed E-state index contributed by atoms with van der Waals surface area (Å²) >= 11 is 0. The predicted molar refractivity (Wildman–Crippen MR) is 124 cm³/mol. The van der Waals surface area contributed by atoms with Crippen LogP contribution in [-0.2, 0) is 11.3 Å². The zero-order valence-corrected chi connectivity index (χ0v) is 18.3. The molecule has 3 aromatic rings. The van der Waals surface area contributed by atoms with Crippen LogP contribution >= 0.6 is 0 Å². The number of amides is 1. The van der Waals surface area contributed by atoms with Crippen LogP contribution in [-0.4, -0.2) is 48.3 Å². The van der Waals surface area contributed by atoms with Gasteiger partial charge in [-0.2, -0.15) is 0 Å². The molecule has 1 atom stereocenters. The molecule has 2 aromatic carbocycles. The summed E-state index contributed by atoms with van der Waals surface area (Å²) in [5, 5.41) is 4.46. The van der Waals surface area contributed by atoms with Crippen molar-refractivity contribution in [3.05, 3.63) is 71.8 Å². The van der Waals surface area contributed by atoms with Gasteiger partial charge in [-0.05, 0) is 37.8 Å². The van der Waals surface area contributed by atoms with E-state index in [2.05, 4.69) is 10.1 Å². The summed E-state index contributed by atoms with van der Waals surface area (Å²) < 4.78 is 11.8. The number of nitrogens with zero attached hydrogens (tertiary/aromatic N) is 3. The first-order valence-electron chi connectivity index (χ1n) is 11.5. The van der Waals surface area contributed by atoms with E-state index in [1.807, 2.05) is 65.6 Å². The fraction of sp³-hybridized carbons (Fsp3) is 0.385. The number of hydrogen-bond acceptors (Lipinski definition) is 5. The van der Waals surface area contributed by atoms with Crippen LogP contribution in [0.3, 0.4) is 0 Å². The summed E-state index contributed by atoms with van der Waals surface area (Å²) in [7, 11) is 0. The minimum absolute atomic E-state index is 0.00804. The maximum Gasteiger partial charge on any atom is 0.254 e. The van der Waals surface area contributed by atoms with E-state index in [0.717, 1.165) is 68.1 Å². The third-order valence-corrected chi connectivity index (χ3v) is 6.31. The Hall–Kier alpha value is -3.12. The largest absolute Gasteiger partial charge is 0.376 e. The minimum Gasteiger partial charge on any atom is -0.376 e. The quantitative estimate of drug-likeness (QED) is 0.540. The fourth-order valence-electron chi connectivity index (χ4n) is 4.64. The van der Waals surface area contributed by atoms with Gasteiger partial charge >= 0.3 is 0 Å². The van der Waals surface area contributed by atoms with Gasteiger partial charge in [0.05, 0.1) is 18.2 Å². The molecule has 0 N–H and O–H groups in total. The molecule has 2 aliphatic rings. The average molecular weight is 432 g/mol. The highest BCUT2D eigenvalue weighted by Crippen LogP contribution is 2.34. The first kappa shape index (κ1) is 20.8. The van der Waals surface area contributed by atoms with E-state index in [1.165, 1.54) is 0 Å². The van der Waals surface area contributed by atoms with Crippen LogP contribution in [0.15, 0.2) is 65.2 Å². The normalized spacial score (nSPS) is 18.2. The molecule has 0 spiro atoms. The lowest BCUT2D eigenvalue weighted by Gasteiger charge is -2.26. The zero-order valence-electron chi connectivity index (χ0n) is 18.3. The van der Waals surface area contributed by atoms with Crippen molar-refractivity contribution in [1.29, 1.82) is 0 Å². The second kappa shape index (κ2) is 9.57. The number of ether oxygens (including phenoxy) is 1. The lowest BCUT2D eigenvalue weighted by molar-refractivity contribution is 0.0507. The third kappa shape index (κ3) is 4.41. The van der Waals surface area contributed by atoms with Crippen LogP contribution < -0.4 is 4.90 Å². The van der Waals surface area contributed by atoms with Gasteiger partial charge in [0.2, 0.25) is 5.88 Å². The Morgan fingerprint density at radius 3 is 2.41 bits per heavy atom. The molecule has 1 aromatic heterocycles. The van der Waals surface area contributed by atoms with Crippen molar-refractivity contribution in [1.82, 2.24) is 10.1 Å². The number of carbonyl (C=O) groups excluding carboxylic acids is 1. The van der Waals surface area contributed by atoms with Crippen LogP contribution in [0, 0.1) is 0 Å². The SMILES string of the molecule is O=C(c1ccccc1)N(Cc1c(-c2ccccc2)noc1N1CCCC1)C[C@H]1CCCO1. The summed E-state index contributed by atoms with van der Waals surface area (Å²) in [6, 6.07) is 19.6. The van der Waals surface area contributed by atoms with Crippen LogP contribution in [0.1, 0.15) is 41.6 Å². The lowest BCUT2D eigenvalue weighted by atomic mass is 10.1. The van der Waals surface area contributed by atoms with Crippen molar-refractivity contribution in [2.24, 2.45) is 0 Å². The maximum atomic E-state index is 13.5. The average Bonchev–Trinajstić information content (AvgIpc) is 3.61. The molecule has 0 aliphatic carbocycles. The summed E-state index contributed by atoms with van der Waals surface area (Å²) in [5.41, 5.74) is 3.47. The smallest absolute Gasteiger partial charge is 0.254 e. The molecule has 0 saturated carbocycles. The van der Waals surface area contributed by atoms with E-state index < -0.39 is 0 Å². The molecule has 0 radical (unpaired) electrons.